The van der Waals surface area contributed by atoms with Gasteiger partial charge in [-0.05, 0) is 25.8 Å². The Bertz CT molecular complexity index is 313. The van der Waals surface area contributed by atoms with Crippen LogP contribution < -0.4 is 10.2 Å². The molecular weight excluding hydrogens is 212 g/mol. The van der Waals surface area contributed by atoms with Crippen LogP contribution >= 0.6 is 0 Å². The summed E-state index contributed by atoms with van der Waals surface area (Å²) in [6.07, 6.45) is 8.45. The Morgan fingerprint density at radius 2 is 2.06 bits per heavy atom. The topological polar surface area (TPSA) is 44.0 Å². The Labute approximate surface area is 104 Å². The molecule has 0 atom stereocenters. The zero-order valence-electron chi connectivity index (χ0n) is 10.8. The van der Waals surface area contributed by atoms with Crippen LogP contribution in [-0.2, 0) is 6.54 Å². The lowest BCUT2D eigenvalue weighted by molar-refractivity contribution is 0.665. The van der Waals surface area contributed by atoms with Crippen LogP contribution in [0, 0.1) is 0 Å². The van der Waals surface area contributed by atoms with Crippen LogP contribution in [0.25, 0.3) is 0 Å². The zero-order valence-corrected chi connectivity index (χ0v) is 10.8. The van der Waals surface area contributed by atoms with Crippen LogP contribution in [-0.4, -0.2) is 29.6 Å². The fourth-order valence-electron chi connectivity index (χ4n) is 2.28. The van der Waals surface area contributed by atoms with Gasteiger partial charge in [-0.1, -0.05) is 19.8 Å². The smallest absolute Gasteiger partial charge is 0.202 e. The van der Waals surface area contributed by atoms with Crippen molar-refractivity contribution >= 4 is 5.95 Å². The van der Waals surface area contributed by atoms with Gasteiger partial charge in [0.2, 0.25) is 5.95 Å². The number of H-pyrrole nitrogens is 1. The average Bonchev–Trinajstić information content (AvgIpc) is 2.64. The summed E-state index contributed by atoms with van der Waals surface area (Å²) < 4.78 is 0. The summed E-state index contributed by atoms with van der Waals surface area (Å²) >= 11 is 0. The third-order valence-electron chi connectivity index (χ3n) is 3.26. The molecule has 0 spiro atoms. The second kappa shape index (κ2) is 6.64. The van der Waals surface area contributed by atoms with Gasteiger partial charge >= 0.3 is 0 Å². The van der Waals surface area contributed by atoms with Crippen molar-refractivity contribution in [1.82, 2.24) is 15.3 Å². The molecule has 1 aromatic rings. The molecule has 96 valence electrons. The molecule has 0 aliphatic carbocycles. The Hall–Kier alpha value is -1.03. The molecule has 4 nitrogen and oxygen atoms in total. The van der Waals surface area contributed by atoms with Crippen molar-refractivity contribution in [2.45, 2.75) is 45.6 Å². The maximum atomic E-state index is 4.49. The van der Waals surface area contributed by atoms with Gasteiger partial charge in [-0.15, -0.1) is 0 Å². The van der Waals surface area contributed by atoms with E-state index in [1.54, 1.807) is 0 Å². The highest BCUT2D eigenvalue weighted by Crippen LogP contribution is 2.16. The van der Waals surface area contributed by atoms with Gasteiger partial charge in [0, 0.05) is 19.6 Å². The van der Waals surface area contributed by atoms with Crippen LogP contribution in [0.2, 0.25) is 0 Å². The first-order valence-corrected chi connectivity index (χ1v) is 6.89. The van der Waals surface area contributed by atoms with E-state index in [1.165, 1.54) is 37.8 Å². The van der Waals surface area contributed by atoms with Crippen molar-refractivity contribution in [1.29, 1.82) is 0 Å². The Balaban J connectivity index is 1.87. The van der Waals surface area contributed by atoms with Gasteiger partial charge in [0.15, 0.2) is 0 Å². The van der Waals surface area contributed by atoms with Gasteiger partial charge < -0.3 is 15.2 Å². The average molecular weight is 236 g/mol. The lowest BCUT2D eigenvalue weighted by atomic mass is 10.2. The van der Waals surface area contributed by atoms with Crippen molar-refractivity contribution in [3.8, 4) is 0 Å². The summed E-state index contributed by atoms with van der Waals surface area (Å²) in [6.45, 7) is 6.44. The van der Waals surface area contributed by atoms with E-state index < -0.39 is 0 Å². The first-order chi connectivity index (χ1) is 8.40. The fraction of sp³-hybridized carbons (Fsp3) is 0.769. The number of imidazole rings is 1. The third-order valence-corrected chi connectivity index (χ3v) is 3.26. The Morgan fingerprint density at radius 1 is 1.29 bits per heavy atom. The normalized spacial score (nSPS) is 17.1. The number of hydrogen-bond acceptors (Lipinski definition) is 3. The van der Waals surface area contributed by atoms with Crippen LogP contribution in [0.1, 0.15) is 44.7 Å². The first-order valence-electron chi connectivity index (χ1n) is 6.89. The molecule has 1 fully saturated rings. The van der Waals surface area contributed by atoms with Gasteiger partial charge in [0.05, 0.1) is 11.9 Å². The molecule has 0 unspecified atom stereocenters. The van der Waals surface area contributed by atoms with Crippen LogP contribution in [0.15, 0.2) is 6.20 Å². The molecule has 0 aromatic carbocycles. The number of nitrogens with one attached hydrogen (secondary N) is 2. The van der Waals surface area contributed by atoms with Gasteiger partial charge in [0.25, 0.3) is 0 Å². The molecule has 2 rings (SSSR count). The molecule has 2 heterocycles. The Kier molecular flexibility index (Phi) is 4.86. The summed E-state index contributed by atoms with van der Waals surface area (Å²) in [4.78, 5) is 10.3. The fourth-order valence-corrected chi connectivity index (χ4v) is 2.28. The quantitative estimate of drug-likeness (QED) is 0.771. The van der Waals surface area contributed by atoms with Crippen molar-refractivity contribution in [2.75, 3.05) is 24.5 Å². The van der Waals surface area contributed by atoms with E-state index in [-0.39, 0.29) is 0 Å². The van der Waals surface area contributed by atoms with Gasteiger partial charge in [0.1, 0.15) is 0 Å². The number of aromatic nitrogens is 2. The van der Waals surface area contributed by atoms with Crippen molar-refractivity contribution in [3.05, 3.63) is 11.9 Å². The molecule has 17 heavy (non-hydrogen) atoms. The summed E-state index contributed by atoms with van der Waals surface area (Å²) in [5, 5.41) is 3.39. The zero-order chi connectivity index (χ0) is 11.9. The number of nitrogens with zero attached hydrogens (tertiary/aromatic N) is 2. The number of aromatic amines is 1. The lowest BCUT2D eigenvalue weighted by Gasteiger charge is -2.18. The second-order valence-corrected chi connectivity index (χ2v) is 4.81. The van der Waals surface area contributed by atoms with E-state index in [4.69, 9.17) is 0 Å². The second-order valence-electron chi connectivity index (χ2n) is 4.81. The van der Waals surface area contributed by atoms with E-state index in [2.05, 4.69) is 27.1 Å². The first kappa shape index (κ1) is 12.4. The van der Waals surface area contributed by atoms with Gasteiger partial charge in [-0.3, -0.25) is 0 Å². The number of hydrogen-bond donors (Lipinski definition) is 2. The van der Waals surface area contributed by atoms with Crippen molar-refractivity contribution in [3.63, 3.8) is 0 Å². The summed E-state index contributed by atoms with van der Waals surface area (Å²) in [7, 11) is 0. The largest absolute Gasteiger partial charge is 0.342 e. The standard InChI is InChI=1S/C13H24N4/c1-2-7-14-10-12-11-15-13(16-12)17-8-5-3-4-6-9-17/h11,14H,2-10H2,1H3,(H,15,16). The highest BCUT2D eigenvalue weighted by molar-refractivity contribution is 5.31. The number of rotatable bonds is 5. The molecule has 0 saturated carbocycles. The highest BCUT2D eigenvalue weighted by Gasteiger charge is 2.12. The van der Waals surface area contributed by atoms with Crippen molar-refractivity contribution in [2.24, 2.45) is 0 Å². The van der Waals surface area contributed by atoms with Crippen LogP contribution in [0.3, 0.4) is 0 Å². The predicted octanol–water partition coefficient (Wildman–Crippen LogP) is 2.29. The summed E-state index contributed by atoms with van der Waals surface area (Å²) in [5.74, 6) is 1.06. The minimum Gasteiger partial charge on any atom is -0.342 e. The summed E-state index contributed by atoms with van der Waals surface area (Å²) in [5.41, 5.74) is 1.19. The van der Waals surface area contributed by atoms with Gasteiger partial charge in [-0.25, -0.2) is 4.98 Å². The molecule has 0 bridgehead atoms. The molecule has 4 heteroatoms. The van der Waals surface area contributed by atoms with Crippen molar-refractivity contribution < 1.29 is 0 Å². The van der Waals surface area contributed by atoms with Crippen LogP contribution in [0.5, 0.6) is 0 Å². The van der Waals surface area contributed by atoms with Gasteiger partial charge in [-0.2, -0.15) is 0 Å². The monoisotopic (exact) mass is 236 g/mol. The SMILES string of the molecule is CCCNCc1cnc(N2CCCCCC2)[nH]1. The van der Waals surface area contributed by atoms with E-state index in [0.717, 1.165) is 32.1 Å². The highest BCUT2D eigenvalue weighted by atomic mass is 15.3. The number of anilines is 1. The molecule has 0 radical (unpaired) electrons. The summed E-state index contributed by atoms with van der Waals surface area (Å²) in [6, 6.07) is 0. The minimum absolute atomic E-state index is 0.898. The maximum absolute atomic E-state index is 4.49. The lowest BCUT2D eigenvalue weighted by Crippen LogP contribution is -2.25. The predicted molar refractivity (Wildman–Crippen MR) is 71.3 cm³/mol. The van der Waals surface area contributed by atoms with E-state index >= 15 is 0 Å². The van der Waals surface area contributed by atoms with E-state index in [0.29, 0.717) is 0 Å². The molecular formula is C13H24N4. The maximum Gasteiger partial charge on any atom is 0.202 e. The minimum atomic E-state index is 0.898. The molecule has 1 saturated heterocycles. The molecule has 1 aliphatic rings. The van der Waals surface area contributed by atoms with Crippen LogP contribution in [0.4, 0.5) is 5.95 Å². The van der Waals surface area contributed by atoms with E-state index in [1.807, 2.05) is 6.20 Å². The van der Waals surface area contributed by atoms with E-state index in [9.17, 15) is 0 Å². The molecule has 2 N–H and O–H groups in total. The molecule has 0 amide bonds. The Morgan fingerprint density at radius 3 is 2.76 bits per heavy atom. The molecule has 1 aliphatic heterocycles. The third kappa shape index (κ3) is 3.73. The molecule has 1 aromatic heterocycles.